The summed E-state index contributed by atoms with van der Waals surface area (Å²) >= 11 is 0.987. The average Bonchev–Trinajstić information content (AvgIpc) is 4.02. The molecule has 3 aliphatic heterocycles. The average molecular weight is 1030 g/mol. The summed E-state index contributed by atoms with van der Waals surface area (Å²) in [6.07, 6.45) is -3.97. The third kappa shape index (κ3) is 12.8. The predicted molar refractivity (Wildman–Crippen MR) is 271 cm³/mol. The van der Waals surface area contributed by atoms with Gasteiger partial charge in [0, 0.05) is 90.6 Å². The van der Waals surface area contributed by atoms with Crippen LogP contribution >= 0.6 is 11.8 Å². The van der Waals surface area contributed by atoms with E-state index in [4.69, 9.17) is 47.9 Å². The molecule has 0 saturated carbocycles. The SMILES string of the molecule is C=Cc1c(C)c2cc3nc(c(CC(=O)OC)c4nc(cc5[nH]c(cc1[nH]2)c(C)c5CC)C(C)=C4C(=O)SCCCO[C@@H]1O[C@H](COC(C)=O)[C@@H](OC(C)=O)[C@H](OC(C)=O)[C@H]1OC(C)=O)[C@@H](CCC(=O)OC)[C@@H]3C. The van der Waals surface area contributed by atoms with Crippen LogP contribution in [0.15, 0.2) is 24.8 Å². The number of aryl methyl sites for hydroxylation is 3. The fraction of sp³-hybridized carbons (Fsp3) is 0.491. The van der Waals surface area contributed by atoms with E-state index in [2.05, 4.69) is 29.5 Å². The van der Waals surface area contributed by atoms with Gasteiger partial charge >= 0.3 is 35.8 Å². The molecule has 2 N–H and O–H groups in total. The van der Waals surface area contributed by atoms with E-state index < -0.39 is 79.0 Å². The van der Waals surface area contributed by atoms with E-state index in [0.29, 0.717) is 41.1 Å². The summed E-state index contributed by atoms with van der Waals surface area (Å²) in [6, 6.07) is 5.94. The monoisotopic (exact) mass is 1030 g/mol. The Hall–Kier alpha value is -6.64. The maximum Gasteiger partial charge on any atom is 0.310 e. The molecule has 7 atom stereocenters. The minimum atomic E-state index is -1.42. The first kappa shape index (κ1) is 55.7. The van der Waals surface area contributed by atoms with Crippen molar-refractivity contribution in [1.82, 2.24) is 19.9 Å². The zero-order chi connectivity index (χ0) is 53.4. The first-order valence-corrected chi connectivity index (χ1v) is 25.0. The lowest BCUT2D eigenvalue weighted by molar-refractivity contribution is -0.308. The third-order valence-corrected chi connectivity index (χ3v) is 14.1. The summed E-state index contributed by atoms with van der Waals surface area (Å²) in [6.45, 7) is 18.1. The van der Waals surface area contributed by atoms with Crippen molar-refractivity contribution >= 4 is 92.0 Å². The van der Waals surface area contributed by atoms with Gasteiger partial charge in [0.1, 0.15) is 12.7 Å². The molecule has 0 unspecified atom stereocenters. The summed E-state index contributed by atoms with van der Waals surface area (Å²) in [7, 11) is 2.61. The molecule has 0 aliphatic carbocycles. The van der Waals surface area contributed by atoms with Gasteiger partial charge in [-0.2, -0.15) is 0 Å². The fourth-order valence-corrected chi connectivity index (χ4v) is 10.3. The van der Waals surface area contributed by atoms with Crippen LogP contribution in [0.3, 0.4) is 0 Å². The van der Waals surface area contributed by atoms with Gasteiger partial charge in [-0.15, -0.1) is 0 Å². The van der Waals surface area contributed by atoms with Gasteiger partial charge in [-0.05, 0) is 80.5 Å². The van der Waals surface area contributed by atoms with E-state index in [1.54, 1.807) is 6.92 Å². The number of aromatic amines is 2. The molecular formula is C53H64N4O15S. The summed E-state index contributed by atoms with van der Waals surface area (Å²) in [4.78, 5) is 107. The largest absolute Gasteiger partial charge is 0.469 e. The van der Waals surface area contributed by atoms with Crippen molar-refractivity contribution in [1.29, 1.82) is 0 Å². The lowest BCUT2D eigenvalue weighted by Gasteiger charge is -2.44. The van der Waals surface area contributed by atoms with E-state index in [-0.39, 0.29) is 53.9 Å². The molecule has 3 aromatic rings. The van der Waals surface area contributed by atoms with Crippen LogP contribution in [0.5, 0.6) is 0 Å². The molecule has 0 spiro atoms. The number of aromatic nitrogens is 4. The molecule has 19 nitrogen and oxygen atoms in total. The Bertz CT molecular complexity index is 2880. The van der Waals surface area contributed by atoms with Gasteiger partial charge in [0.05, 0.1) is 49.9 Å². The maximum atomic E-state index is 14.9. The topological polar surface area (TPSA) is 251 Å². The number of ether oxygens (including phenoxy) is 8. The van der Waals surface area contributed by atoms with E-state index >= 15 is 0 Å². The highest BCUT2D eigenvalue weighted by atomic mass is 32.2. The number of hydrogen-bond donors (Lipinski definition) is 2. The lowest BCUT2D eigenvalue weighted by Crippen LogP contribution is -2.63. The number of allylic oxidation sites excluding steroid dienone is 1. The van der Waals surface area contributed by atoms with Crippen LogP contribution in [0.2, 0.25) is 0 Å². The quantitative estimate of drug-likeness (QED) is 0.0716. The minimum absolute atomic E-state index is 0.0619. The van der Waals surface area contributed by atoms with Crippen LogP contribution in [-0.4, -0.2) is 125 Å². The van der Waals surface area contributed by atoms with Gasteiger partial charge in [0.15, 0.2) is 24.6 Å². The molecule has 392 valence electrons. The zero-order valence-corrected chi connectivity index (χ0v) is 44.0. The Kier molecular flexibility index (Phi) is 18.6. The highest BCUT2D eigenvalue weighted by molar-refractivity contribution is 8.14. The number of carbonyl (C=O) groups excluding carboxylic acids is 7. The van der Waals surface area contributed by atoms with Crippen molar-refractivity contribution in [3.05, 3.63) is 75.4 Å². The van der Waals surface area contributed by atoms with E-state index in [1.807, 2.05) is 39.0 Å². The second-order valence-corrected chi connectivity index (χ2v) is 19.0. The number of H-pyrrole nitrogens is 2. The van der Waals surface area contributed by atoms with Crippen molar-refractivity contribution in [3.8, 4) is 0 Å². The summed E-state index contributed by atoms with van der Waals surface area (Å²) in [5, 5.41) is -0.362. The molecule has 0 radical (unpaired) electrons. The molecule has 8 bridgehead atoms. The second kappa shape index (κ2) is 24.4. The first-order chi connectivity index (χ1) is 34.7. The van der Waals surface area contributed by atoms with Crippen molar-refractivity contribution < 1.29 is 71.5 Å². The number of nitrogens with zero attached hydrogens (tertiary/aromatic N) is 2. The third-order valence-electron chi connectivity index (χ3n) is 13.1. The number of fused-ring (bicyclic) bond motifs is 8. The summed E-state index contributed by atoms with van der Waals surface area (Å²) in [5.41, 5.74) is 10.4. The van der Waals surface area contributed by atoms with Gasteiger partial charge in [0.25, 0.3) is 0 Å². The smallest absolute Gasteiger partial charge is 0.310 e. The molecule has 73 heavy (non-hydrogen) atoms. The zero-order valence-electron chi connectivity index (χ0n) is 43.1. The van der Waals surface area contributed by atoms with Crippen molar-refractivity contribution in [2.24, 2.45) is 0 Å². The Morgan fingerprint density at radius 2 is 1.42 bits per heavy atom. The second-order valence-electron chi connectivity index (χ2n) is 18.0. The van der Waals surface area contributed by atoms with Crippen molar-refractivity contribution in [2.45, 2.75) is 137 Å². The normalized spacial score (nSPS) is 20.5. The van der Waals surface area contributed by atoms with Crippen molar-refractivity contribution in [3.63, 3.8) is 0 Å². The standard InChI is InChI=1S/C53H64N4O15S/c1-13-33-25(3)37-21-39-27(5)35(16-17-44(62)65-11)47(56-39)36(20-45(63)66-12)48-46(28(6)40(57-48)23-42-34(14-2)26(4)38(55-42)22-41(33)54-37)52(64)73-19-15-18-67-53-51(71-32(10)61)50(70-31(9)60)49(69-30(8)59)43(72-53)24-68-29(7)58/h13,21-23,27,35,43,49-51,53-55H,1,14-20,24H2,2-12H3/t27-,35-,43+,49+,50-,51+,53+/m0/s1. The van der Waals surface area contributed by atoms with Crippen LogP contribution in [0.1, 0.15) is 130 Å². The minimum Gasteiger partial charge on any atom is -0.469 e. The lowest BCUT2D eigenvalue weighted by atomic mass is 9.84. The molecule has 20 heteroatoms. The molecule has 1 fully saturated rings. The maximum absolute atomic E-state index is 14.9. The number of thioether (sulfide) groups is 1. The Morgan fingerprint density at radius 1 is 0.781 bits per heavy atom. The predicted octanol–water partition coefficient (Wildman–Crippen LogP) is 7.37. The number of nitrogens with one attached hydrogen (secondary N) is 2. The van der Waals surface area contributed by atoms with Crippen LogP contribution in [0.25, 0.3) is 39.3 Å². The van der Waals surface area contributed by atoms with Gasteiger partial charge in [-0.3, -0.25) is 38.5 Å². The van der Waals surface area contributed by atoms with Gasteiger partial charge < -0.3 is 47.9 Å². The van der Waals surface area contributed by atoms with E-state index in [0.717, 1.165) is 76.9 Å². The molecule has 6 rings (SSSR count). The van der Waals surface area contributed by atoms with Crippen LogP contribution in [0, 0.1) is 13.8 Å². The molecule has 1 saturated heterocycles. The summed E-state index contributed by atoms with van der Waals surface area (Å²) < 4.78 is 44.2. The molecule has 0 aromatic carbocycles. The number of esters is 6. The number of hydrogen-bond acceptors (Lipinski definition) is 18. The van der Waals surface area contributed by atoms with Crippen molar-refractivity contribution in [2.75, 3.05) is 33.2 Å². The van der Waals surface area contributed by atoms with E-state index in [1.165, 1.54) is 21.1 Å². The molecule has 3 aliphatic rings. The Morgan fingerprint density at radius 3 is 2.05 bits per heavy atom. The Labute approximate surface area is 427 Å². The Balaban J connectivity index is 1.44. The fourth-order valence-electron chi connectivity index (χ4n) is 9.49. The number of methoxy groups -OCH3 is 2. The highest BCUT2D eigenvalue weighted by Crippen LogP contribution is 2.45. The van der Waals surface area contributed by atoms with Gasteiger partial charge in [-0.25, -0.2) is 4.98 Å². The molecule has 0 amide bonds. The highest BCUT2D eigenvalue weighted by Gasteiger charge is 2.53. The van der Waals surface area contributed by atoms with Crippen LogP contribution in [0.4, 0.5) is 0 Å². The molecule has 6 heterocycles. The first-order valence-electron chi connectivity index (χ1n) is 24.0. The number of rotatable bonds is 18. The van der Waals surface area contributed by atoms with Crippen LogP contribution in [-0.2, 0) is 84.3 Å². The molecular weight excluding hydrogens is 965 g/mol. The number of carbonyl (C=O) groups is 7. The van der Waals surface area contributed by atoms with E-state index in [9.17, 15) is 33.6 Å². The van der Waals surface area contributed by atoms with Crippen LogP contribution < -0.4 is 0 Å². The van der Waals surface area contributed by atoms with Gasteiger partial charge in [-0.1, -0.05) is 38.3 Å². The molecule has 3 aromatic heterocycles. The van der Waals surface area contributed by atoms with Gasteiger partial charge in [0.2, 0.25) is 5.12 Å². The summed E-state index contributed by atoms with van der Waals surface area (Å²) in [5.74, 6) is -4.47.